The van der Waals surface area contributed by atoms with Crippen molar-refractivity contribution >= 4 is 44.5 Å². The first-order valence-corrected chi connectivity index (χ1v) is 10.9. The van der Waals surface area contributed by atoms with Gasteiger partial charge in [-0.1, -0.05) is 36.9 Å². The van der Waals surface area contributed by atoms with Crippen LogP contribution < -0.4 is 4.90 Å². The molecule has 1 fully saturated rings. The van der Waals surface area contributed by atoms with Gasteiger partial charge in [0.15, 0.2) is 10.8 Å². The number of hydrogen-bond acceptors (Lipinski definition) is 8. The Hall–Kier alpha value is -1.45. The minimum Gasteiger partial charge on any atom is -0.378 e. The Balaban J connectivity index is 1.71. The number of carbonyl (C=O) groups is 1. The highest BCUT2D eigenvalue weighted by Crippen LogP contribution is 2.34. The SMILES string of the molecule is CCCN(CCC)C(=O)CSc1ncnc2nc(N3CCOCC3)sc12. The zero-order valence-electron chi connectivity index (χ0n) is 15.3. The average Bonchev–Trinajstić information content (AvgIpc) is 3.11. The first kappa shape index (κ1) is 19.3. The molecule has 0 aromatic carbocycles. The van der Waals surface area contributed by atoms with E-state index in [1.807, 2.05) is 4.90 Å². The van der Waals surface area contributed by atoms with Crippen molar-refractivity contribution in [3.8, 4) is 0 Å². The van der Waals surface area contributed by atoms with E-state index in [4.69, 9.17) is 4.74 Å². The summed E-state index contributed by atoms with van der Waals surface area (Å²) >= 11 is 3.08. The zero-order valence-corrected chi connectivity index (χ0v) is 16.9. The number of thiazole rings is 1. The molecule has 7 nitrogen and oxygen atoms in total. The van der Waals surface area contributed by atoms with Gasteiger partial charge in [0.2, 0.25) is 5.91 Å². The minimum absolute atomic E-state index is 0.170. The predicted octanol–water partition coefficient (Wildman–Crippen LogP) is 2.66. The van der Waals surface area contributed by atoms with Gasteiger partial charge in [-0.15, -0.1) is 0 Å². The normalized spacial score (nSPS) is 14.8. The van der Waals surface area contributed by atoms with Crippen LogP contribution in [0.25, 0.3) is 10.3 Å². The number of aromatic nitrogens is 3. The van der Waals surface area contributed by atoms with Gasteiger partial charge in [0.1, 0.15) is 16.1 Å². The Morgan fingerprint density at radius 2 is 2.00 bits per heavy atom. The van der Waals surface area contributed by atoms with E-state index in [0.717, 1.165) is 67.1 Å². The van der Waals surface area contributed by atoms with Crippen LogP contribution in [0.1, 0.15) is 26.7 Å². The number of thioether (sulfide) groups is 1. The molecule has 0 aliphatic carbocycles. The molecule has 0 radical (unpaired) electrons. The summed E-state index contributed by atoms with van der Waals surface area (Å²) in [5.74, 6) is 0.569. The third kappa shape index (κ3) is 4.63. The molecule has 0 bridgehead atoms. The maximum absolute atomic E-state index is 12.5. The molecule has 0 atom stereocenters. The molecule has 1 aliphatic heterocycles. The number of morpholine rings is 1. The second-order valence-corrected chi connectivity index (χ2v) is 8.04. The maximum Gasteiger partial charge on any atom is 0.232 e. The maximum atomic E-state index is 12.5. The van der Waals surface area contributed by atoms with Gasteiger partial charge in [0, 0.05) is 26.2 Å². The van der Waals surface area contributed by atoms with Gasteiger partial charge in [0.25, 0.3) is 0 Å². The lowest BCUT2D eigenvalue weighted by atomic mass is 10.3. The van der Waals surface area contributed by atoms with E-state index in [1.165, 1.54) is 18.1 Å². The highest BCUT2D eigenvalue weighted by atomic mass is 32.2. The summed E-state index contributed by atoms with van der Waals surface area (Å²) in [7, 11) is 0. The average molecular weight is 396 g/mol. The van der Waals surface area contributed by atoms with Crippen molar-refractivity contribution in [1.82, 2.24) is 19.9 Å². The van der Waals surface area contributed by atoms with E-state index < -0.39 is 0 Å². The lowest BCUT2D eigenvalue weighted by Crippen LogP contribution is -2.36. The van der Waals surface area contributed by atoms with Crippen molar-refractivity contribution in [3.63, 3.8) is 0 Å². The molecule has 0 saturated carbocycles. The van der Waals surface area contributed by atoms with Crippen LogP contribution >= 0.6 is 23.1 Å². The number of nitrogens with zero attached hydrogens (tertiary/aromatic N) is 5. The summed E-state index contributed by atoms with van der Waals surface area (Å²) in [6.07, 6.45) is 3.49. The first-order valence-electron chi connectivity index (χ1n) is 9.07. The van der Waals surface area contributed by atoms with Crippen molar-refractivity contribution in [1.29, 1.82) is 0 Å². The fraction of sp³-hybridized carbons (Fsp3) is 0.647. The molecule has 1 aliphatic rings. The minimum atomic E-state index is 0.170. The number of fused-ring (bicyclic) bond motifs is 1. The second-order valence-electron chi connectivity index (χ2n) is 6.10. The fourth-order valence-electron chi connectivity index (χ4n) is 2.84. The Kier molecular flexibility index (Phi) is 7.04. The molecule has 3 rings (SSSR count). The van der Waals surface area contributed by atoms with Crippen LogP contribution in [0, 0.1) is 0 Å². The smallest absolute Gasteiger partial charge is 0.232 e. The number of carbonyl (C=O) groups excluding carboxylic acids is 1. The van der Waals surface area contributed by atoms with E-state index in [9.17, 15) is 4.79 Å². The third-order valence-corrected chi connectivity index (χ3v) is 6.32. The number of amides is 1. The van der Waals surface area contributed by atoms with Crippen LogP contribution in [-0.4, -0.2) is 70.9 Å². The van der Waals surface area contributed by atoms with E-state index in [1.54, 1.807) is 11.3 Å². The Morgan fingerprint density at radius 1 is 1.27 bits per heavy atom. The van der Waals surface area contributed by atoms with Crippen molar-refractivity contribution in [3.05, 3.63) is 6.33 Å². The zero-order chi connectivity index (χ0) is 18.4. The topological polar surface area (TPSA) is 71.5 Å². The van der Waals surface area contributed by atoms with Crippen LogP contribution in [-0.2, 0) is 9.53 Å². The van der Waals surface area contributed by atoms with E-state index in [-0.39, 0.29) is 5.91 Å². The van der Waals surface area contributed by atoms with Gasteiger partial charge in [0.05, 0.1) is 19.0 Å². The summed E-state index contributed by atoms with van der Waals surface area (Å²) in [6, 6.07) is 0. The summed E-state index contributed by atoms with van der Waals surface area (Å²) in [5.41, 5.74) is 0.709. The quantitative estimate of drug-likeness (QED) is 0.503. The number of rotatable bonds is 8. The van der Waals surface area contributed by atoms with Crippen molar-refractivity contribution in [2.45, 2.75) is 31.7 Å². The molecule has 1 amide bonds. The van der Waals surface area contributed by atoms with Crippen molar-refractivity contribution in [2.24, 2.45) is 0 Å². The van der Waals surface area contributed by atoms with E-state index in [0.29, 0.717) is 11.4 Å². The molecule has 9 heteroatoms. The Labute approximate surface area is 162 Å². The van der Waals surface area contributed by atoms with E-state index >= 15 is 0 Å². The van der Waals surface area contributed by atoms with Crippen molar-refractivity contribution in [2.75, 3.05) is 50.0 Å². The molecular formula is C17H25N5O2S2. The monoisotopic (exact) mass is 395 g/mol. The highest BCUT2D eigenvalue weighted by molar-refractivity contribution is 8.00. The standard InChI is InChI=1S/C17H25N5O2S2/c1-3-5-21(6-4-2)13(23)11-25-16-14-15(18-12-19-16)20-17(26-14)22-7-9-24-10-8-22/h12H,3-11H2,1-2H3. The van der Waals surface area contributed by atoms with Gasteiger partial charge in [-0.3, -0.25) is 4.79 Å². The van der Waals surface area contributed by atoms with Crippen LogP contribution in [0.2, 0.25) is 0 Å². The molecule has 3 heterocycles. The molecule has 0 unspecified atom stereocenters. The lowest BCUT2D eigenvalue weighted by molar-refractivity contribution is -0.128. The van der Waals surface area contributed by atoms with Crippen LogP contribution in [0.3, 0.4) is 0 Å². The van der Waals surface area contributed by atoms with Crippen LogP contribution in [0.15, 0.2) is 11.4 Å². The van der Waals surface area contributed by atoms with Crippen LogP contribution in [0.5, 0.6) is 0 Å². The number of anilines is 1. The van der Waals surface area contributed by atoms with Gasteiger partial charge in [-0.25, -0.2) is 9.97 Å². The lowest BCUT2D eigenvalue weighted by Gasteiger charge is -2.25. The Bertz CT molecular complexity index is 727. The molecule has 1 saturated heterocycles. The van der Waals surface area contributed by atoms with Gasteiger partial charge >= 0.3 is 0 Å². The molecule has 2 aromatic rings. The molecule has 142 valence electrons. The van der Waals surface area contributed by atoms with Gasteiger partial charge < -0.3 is 14.5 Å². The highest BCUT2D eigenvalue weighted by Gasteiger charge is 2.19. The largest absolute Gasteiger partial charge is 0.378 e. The molecule has 2 aromatic heterocycles. The van der Waals surface area contributed by atoms with E-state index in [2.05, 4.69) is 33.7 Å². The molecule has 0 spiro atoms. The summed E-state index contributed by atoms with van der Waals surface area (Å²) < 4.78 is 6.37. The summed E-state index contributed by atoms with van der Waals surface area (Å²) in [5, 5.41) is 1.80. The molecule has 0 N–H and O–H groups in total. The number of ether oxygens (including phenoxy) is 1. The fourth-order valence-corrected chi connectivity index (χ4v) is 4.88. The third-order valence-electron chi connectivity index (χ3n) is 4.10. The van der Waals surface area contributed by atoms with Crippen LogP contribution in [0.4, 0.5) is 5.13 Å². The number of hydrogen-bond donors (Lipinski definition) is 0. The molecular weight excluding hydrogens is 370 g/mol. The second kappa shape index (κ2) is 9.48. The Morgan fingerprint density at radius 3 is 2.69 bits per heavy atom. The summed E-state index contributed by atoms with van der Waals surface area (Å²) in [4.78, 5) is 30.0. The van der Waals surface area contributed by atoms with Gasteiger partial charge in [-0.05, 0) is 12.8 Å². The van der Waals surface area contributed by atoms with Gasteiger partial charge in [-0.2, -0.15) is 4.98 Å². The summed E-state index contributed by atoms with van der Waals surface area (Å²) in [6.45, 7) is 8.96. The molecule has 26 heavy (non-hydrogen) atoms. The predicted molar refractivity (Wildman–Crippen MR) is 106 cm³/mol. The first-order chi connectivity index (χ1) is 12.7. The van der Waals surface area contributed by atoms with Crippen molar-refractivity contribution < 1.29 is 9.53 Å².